The number of nitrogens with one attached hydrogen (secondary N) is 2. The van der Waals surface area contributed by atoms with Crippen molar-refractivity contribution in [3.8, 4) is 0 Å². The molecule has 0 bridgehead atoms. The van der Waals surface area contributed by atoms with Crippen LogP contribution in [0.3, 0.4) is 0 Å². The van der Waals surface area contributed by atoms with Gasteiger partial charge in [-0.15, -0.1) is 12.4 Å². The second-order valence-corrected chi connectivity index (χ2v) is 6.95. The number of hydrogen-bond donors (Lipinski definition) is 2. The van der Waals surface area contributed by atoms with Crippen molar-refractivity contribution < 1.29 is 9.53 Å². The van der Waals surface area contributed by atoms with E-state index in [1.54, 1.807) is 0 Å². The van der Waals surface area contributed by atoms with Crippen LogP contribution in [0.15, 0.2) is 24.3 Å². The Bertz CT molecular complexity index is 549. The van der Waals surface area contributed by atoms with Gasteiger partial charge in [-0.3, -0.25) is 9.69 Å². The molecule has 0 radical (unpaired) electrons. The van der Waals surface area contributed by atoms with Crippen LogP contribution < -0.4 is 10.6 Å². The van der Waals surface area contributed by atoms with Gasteiger partial charge in [-0.05, 0) is 37.4 Å². The molecular weight excluding hydrogens is 338 g/mol. The molecule has 0 aliphatic carbocycles. The molecular formula is C19H30ClN3O2. The van der Waals surface area contributed by atoms with Gasteiger partial charge < -0.3 is 15.4 Å². The predicted molar refractivity (Wildman–Crippen MR) is 102 cm³/mol. The van der Waals surface area contributed by atoms with Gasteiger partial charge in [-0.1, -0.05) is 24.3 Å². The summed E-state index contributed by atoms with van der Waals surface area (Å²) in [7, 11) is 0. The first kappa shape index (κ1) is 20.2. The number of ether oxygens (including phenoxy) is 1. The van der Waals surface area contributed by atoms with Gasteiger partial charge in [0.1, 0.15) is 0 Å². The quantitative estimate of drug-likeness (QED) is 0.835. The summed E-state index contributed by atoms with van der Waals surface area (Å²) in [4.78, 5) is 14.9. The lowest BCUT2D eigenvalue weighted by molar-refractivity contribution is -0.126. The summed E-state index contributed by atoms with van der Waals surface area (Å²) in [5.74, 6) is 0.345. The Morgan fingerprint density at radius 3 is 2.72 bits per heavy atom. The number of halogens is 1. The van der Waals surface area contributed by atoms with E-state index in [1.165, 1.54) is 11.1 Å². The molecule has 1 aromatic rings. The Morgan fingerprint density at radius 2 is 2.00 bits per heavy atom. The van der Waals surface area contributed by atoms with E-state index in [1.807, 2.05) is 0 Å². The van der Waals surface area contributed by atoms with E-state index in [0.717, 1.165) is 52.2 Å². The fraction of sp³-hybridized carbons (Fsp3) is 0.632. The summed E-state index contributed by atoms with van der Waals surface area (Å²) >= 11 is 0. The maximum atomic E-state index is 12.5. The molecule has 2 aliphatic heterocycles. The summed E-state index contributed by atoms with van der Waals surface area (Å²) < 4.78 is 5.42. The number of amides is 1. The van der Waals surface area contributed by atoms with Crippen LogP contribution >= 0.6 is 12.4 Å². The number of rotatable bonds is 5. The van der Waals surface area contributed by atoms with Crippen LogP contribution in [0.25, 0.3) is 0 Å². The Kier molecular flexibility index (Phi) is 8.16. The summed E-state index contributed by atoms with van der Waals surface area (Å²) in [6, 6.07) is 8.86. The first-order valence-corrected chi connectivity index (χ1v) is 9.10. The van der Waals surface area contributed by atoms with Crippen LogP contribution in [0.4, 0.5) is 0 Å². The van der Waals surface area contributed by atoms with E-state index in [0.29, 0.717) is 12.6 Å². The van der Waals surface area contributed by atoms with Crippen LogP contribution in [0.2, 0.25) is 0 Å². The third-order valence-electron chi connectivity index (χ3n) is 5.06. The molecule has 2 fully saturated rings. The van der Waals surface area contributed by atoms with Crippen LogP contribution in [0, 0.1) is 5.92 Å². The Labute approximate surface area is 156 Å². The normalized spacial score (nSPS) is 24.4. The van der Waals surface area contributed by atoms with Gasteiger partial charge in [0.05, 0.1) is 13.2 Å². The highest BCUT2D eigenvalue weighted by Crippen LogP contribution is 2.17. The topological polar surface area (TPSA) is 53.6 Å². The average Bonchev–Trinajstić information content (AvgIpc) is 2.61. The highest BCUT2D eigenvalue weighted by Gasteiger charge is 2.24. The maximum absolute atomic E-state index is 12.5. The largest absolute Gasteiger partial charge is 0.379 e. The first-order chi connectivity index (χ1) is 11.7. The third-order valence-corrected chi connectivity index (χ3v) is 5.06. The third kappa shape index (κ3) is 5.96. The number of carbonyl (C=O) groups excluding carboxylic acids is 1. The summed E-state index contributed by atoms with van der Waals surface area (Å²) in [5.41, 5.74) is 2.53. The molecule has 2 N–H and O–H groups in total. The zero-order valence-corrected chi connectivity index (χ0v) is 15.8. The van der Waals surface area contributed by atoms with E-state index < -0.39 is 0 Å². The molecule has 0 unspecified atom stereocenters. The monoisotopic (exact) mass is 367 g/mol. The summed E-state index contributed by atoms with van der Waals surface area (Å²) in [5, 5.41) is 6.56. The van der Waals surface area contributed by atoms with Gasteiger partial charge in [-0.2, -0.15) is 0 Å². The molecule has 2 aliphatic rings. The average molecular weight is 368 g/mol. The number of piperidine rings is 1. The molecule has 3 rings (SSSR count). The Hall–Kier alpha value is -1.14. The van der Waals surface area contributed by atoms with Crippen molar-refractivity contribution >= 4 is 18.3 Å². The molecule has 0 saturated carbocycles. The molecule has 0 spiro atoms. The highest BCUT2D eigenvalue weighted by atomic mass is 35.5. The molecule has 5 nitrogen and oxygen atoms in total. The van der Waals surface area contributed by atoms with Crippen molar-refractivity contribution in [1.82, 2.24) is 15.5 Å². The molecule has 1 aromatic carbocycles. The van der Waals surface area contributed by atoms with Crippen LogP contribution in [0.1, 0.15) is 30.9 Å². The van der Waals surface area contributed by atoms with Gasteiger partial charge in [0.15, 0.2) is 0 Å². The lowest BCUT2D eigenvalue weighted by Crippen LogP contribution is -2.42. The van der Waals surface area contributed by atoms with Gasteiger partial charge in [0, 0.05) is 38.1 Å². The van der Waals surface area contributed by atoms with Gasteiger partial charge in [-0.25, -0.2) is 0 Å². The molecule has 2 atom stereocenters. The van der Waals surface area contributed by atoms with E-state index in [-0.39, 0.29) is 24.2 Å². The van der Waals surface area contributed by atoms with Crippen LogP contribution in [-0.4, -0.2) is 49.7 Å². The summed E-state index contributed by atoms with van der Waals surface area (Å²) in [6.45, 7) is 8.22. The second kappa shape index (κ2) is 10.1. The SMILES string of the molecule is C[C@H]1C[C@@H](C(=O)NCc2ccccc2CN2CCOCC2)CCN1.Cl. The van der Waals surface area contributed by atoms with Crippen molar-refractivity contribution in [2.45, 2.75) is 38.9 Å². The van der Waals surface area contributed by atoms with Gasteiger partial charge in [0.2, 0.25) is 5.91 Å². The predicted octanol–water partition coefficient (Wildman–Crippen LogP) is 1.94. The summed E-state index contributed by atoms with van der Waals surface area (Å²) in [6.07, 6.45) is 1.87. The van der Waals surface area contributed by atoms with Gasteiger partial charge in [0.25, 0.3) is 0 Å². The van der Waals surface area contributed by atoms with Crippen LogP contribution in [0.5, 0.6) is 0 Å². The molecule has 1 amide bonds. The number of hydrogen-bond acceptors (Lipinski definition) is 4. The van der Waals surface area contributed by atoms with E-state index in [2.05, 4.69) is 46.7 Å². The second-order valence-electron chi connectivity index (χ2n) is 6.95. The molecule has 0 aromatic heterocycles. The number of morpholine rings is 1. The zero-order valence-electron chi connectivity index (χ0n) is 15.0. The fourth-order valence-electron chi connectivity index (χ4n) is 3.58. The minimum absolute atomic E-state index is 0. The molecule has 25 heavy (non-hydrogen) atoms. The number of nitrogens with zero attached hydrogens (tertiary/aromatic N) is 1. The minimum atomic E-state index is 0. The lowest BCUT2D eigenvalue weighted by Gasteiger charge is -2.28. The van der Waals surface area contributed by atoms with Crippen molar-refractivity contribution in [3.05, 3.63) is 35.4 Å². The van der Waals surface area contributed by atoms with Crippen molar-refractivity contribution in [3.63, 3.8) is 0 Å². The Balaban J connectivity index is 0.00000225. The Morgan fingerprint density at radius 1 is 1.28 bits per heavy atom. The minimum Gasteiger partial charge on any atom is -0.379 e. The van der Waals surface area contributed by atoms with Crippen molar-refractivity contribution in [2.75, 3.05) is 32.8 Å². The standard InChI is InChI=1S/C19H29N3O2.ClH/c1-15-12-16(6-7-20-15)19(23)21-13-17-4-2-3-5-18(17)14-22-8-10-24-11-9-22;/h2-5,15-16,20H,6-14H2,1H3,(H,21,23);1H/t15-,16-;/m0./s1. The van der Waals surface area contributed by atoms with E-state index in [4.69, 9.17) is 4.74 Å². The zero-order chi connectivity index (χ0) is 16.8. The lowest BCUT2D eigenvalue weighted by atomic mass is 9.92. The number of carbonyl (C=O) groups is 1. The van der Waals surface area contributed by atoms with Crippen LogP contribution in [-0.2, 0) is 22.6 Å². The van der Waals surface area contributed by atoms with Gasteiger partial charge >= 0.3 is 0 Å². The van der Waals surface area contributed by atoms with E-state index in [9.17, 15) is 4.79 Å². The van der Waals surface area contributed by atoms with Crippen molar-refractivity contribution in [1.29, 1.82) is 0 Å². The number of benzene rings is 1. The van der Waals surface area contributed by atoms with Crippen molar-refractivity contribution in [2.24, 2.45) is 5.92 Å². The van der Waals surface area contributed by atoms with E-state index >= 15 is 0 Å². The molecule has 6 heteroatoms. The maximum Gasteiger partial charge on any atom is 0.223 e. The fourth-order valence-corrected chi connectivity index (χ4v) is 3.58. The molecule has 140 valence electrons. The molecule has 2 heterocycles. The first-order valence-electron chi connectivity index (χ1n) is 9.10. The molecule has 2 saturated heterocycles. The highest BCUT2D eigenvalue weighted by molar-refractivity contribution is 5.85. The smallest absolute Gasteiger partial charge is 0.223 e.